The molecule has 0 spiro atoms. The van der Waals surface area contributed by atoms with E-state index in [9.17, 15) is 13.2 Å². The number of nitrogens with one attached hydrogen (secondary N) is 1. The second kappa shape index (κ2) is 5.17. The van der Waals surface area contributed by atoms with Gasteiger partial charge in [-0.15, -0.1) is 11.3 Å². The van der Waals surface area contributed by atoms with Crippen LogP contribution in [0.4, 0.5) is 0 Å². The number of halogens is 1. The molecule has 0 aliphatic rings. The van der Waals surface area contributed by atoms with Crippen molar-refractivity contribution in [2.24, 2.45) is 5.41 Å². The zero-order valence-electron chi connectivity index (χ0n) is 9.78. The quantitative estimate of drug-likeness (QED) is 0.915. The molecule has 1 N–H and O–H groups in total. The molecule has 0 saturated carbocycles. The lowest BCUT2D eigenvalue weighted by Gasteiger charge is -2.16. The van der Waals surface area contributed by atoms with E-state index >= 15 is 0 Å². The van der Waals surface area contributed by atoms with Gasteiger partial charge >= 0.3 is 0 Å². The van der Waals surface area contributed by atoms with Crippen LogP contribution < -0.4 is 4.72 Å². The Kier molecular flexibility index (Phi) is 4.51. The third-order valence-electron chi connectivity index (χ3n) is 2.09. The highest BCUT2D eigenvalue weighted by molar-refractivity contribution is 9.10. The van der Waals surface area contributed by atoms with Crippen LogP contribution in [0.25, 0.3) is 0 Å². The Labute approximate surface area is 114 Å². The minimum absolute atomic E-state index is 0.145. The van der Waals surface area contributed by atoms with Gasteiger partial charge in [-0.05, 0) is 27.4 Å². The number of carbonyl (C=O) groups excluding carboxylic acids is 1. The summed E-state index contributed by atoms with van der Waals surface area (Å²) < 4.78 is 26.7. The maximum Gasteiger partial charge on any atom is 0.251 e. The van der Waals surface area contributed by atoms with Gasteiger partial charge < -0.3 is 0 Å². The van der Waals surface area contributed by atoms with E-state index in [1.165, 1.54) is 0 Å². The maximum absolute atomic E-state index is 11.9. The van der Waals surface area contributed by atoms with Crippen molar-refractivity contribution in [3.05, 3.63) is 15.9 Å². The molecule has 0 bridgehead atoms. The lowest BCUT2D eigenvalue weighted by molar-refractivity contribution is -0.125. The fourth-order valence-corrected chi connectivity index (χ4v) is 4.33. The molecule has 96 valence electrons. The van der Waals surface area contributed by atoms with E-state index in [4.69, 9.17) is 0 Å². The first-order chi connectivity index (χ1) is 7.64. The normalized spacial score (nSPS) is 12.7. The molecule has 0 aliphatic heterocycles. The summed E-state index contributed by atoms with van der Waals surface area (Å²) in [6.07, 6.45) is 0. The zero-order valence-corrected chi connectivity index (χ0v) is 13.0. The largest absolute Gasteiger partial charge is 0.298 e. The van der Waals surface area contributed by atoms with E-state index in [0.29, 0.717) is 4.47 Å². The Morgan fingerprint density at radius 1 is 1.47 bits per heavy atom. The van der Waals surface area contributed by atoms with Gasteiger partial charge in [0.05, 0.1) is 6.54 Å². The van der Waals surface area contributed by atoms with Crippen LogP contribution >= 0.6 is 27.3 Å². The Morgan fingerprint density at radius 3 is 2.47 bits per heavy atom. The molecule has 0 amide bonds. The summed E-state index contributed by atoms with van der Waals surface area (Å²) in [6, 6.07) is 1.66. The van der Waals surface area contributed by atoms with Crippen LogP contribution in [0.5, 0.6) is 0 Å². The van der Waals surface area contributed by atoms with Crippen LogP contribution in [0.2, 0.25) is 0 Å². The van der Waals surface area contributed by atoms with Crippen LogP contribution in [-0.2, 0) is 14.8 Å². The van der Waals surface area contributed by atoms with Gasteiger partial charge in [0.2, 0.25) is 0 Å². The summed E-state index contributed by atoms with van der Waals surface area (Å²) in [5, 5.41) is 1.67. The lowest BCUT2D eigenvalue weighted by atomic mass is 9.91. The van der Waals surface area contributed by atoms with Gasteiger partial charge in [-0.1, -0.05) is 20.8 Å². The molecule has 7 heteroatoms. The molecule has 0 saturated heterocycles. The van der Waals surface area contributed by atoms with Gasteiger partial charge in [-0.3, -0.25) is 4.79 Å². The number of sulfonamides is 1. The Hall–Kier alpha value is -0.240. The molecule has 0 aromatic carbocycles. The summed E-state index contributed by atoms with van der Waals surface area (Å²) >= 11 is 4.26. The van der Waals surface area contributed by atoms with Gasteiger partial charge in [0.25, 0.3) is 10.0 Å². The number of carbonyl (C=O) groups is 1. The Balaban J connectivity index is 2.77. The van der Waals surface area contributed by atoms with Crippen molar-refractivity contribution in [1.82, 2.24) is 4.72 Å². The number of thiophene rings is 1. The average molecular weight is 340 g/mol. The molecule has 1 aromatic heterocycles. The van der Waals surface area contributed by atoms with Gasteiger partial charge in [-0.25, -0.2) is 13.1 Å². The van der Waals surface area contributed by atoms with Crippen molar-refractivity contribution in [1.29, 1.82) is 0 Å². The van der Waals surface area contributed by atoms with Crippen LogP contribution in [0.1, 0.15) is 20.8 Å². The molecule has 1 heterocycles. The fraction of sp³-hybridized carbons (Fsp3) is 0.500. The molecule has 1 rings (SSSR count). The Bertz CT molecular complexity index is 514. The monoisotopic (exact) mass is 339 g/mol. The van der Waals surface area contributed by atoms with Crippen LogP contribution in [0.3, 0.4) is 0 Å². The fourth-order valence-electron chi connectivity index (χ4n) is 0.963. The van der Waals surface area contributed by atoms with E-state index < -0.39 is 15.4 Å². The molecule has 17 heavy (non-hydrogen) atoms. The second-order valence-electron chi connectivity index (χ2n) is 4.55. The molecule has 0 radical (unpaired) electrons. The van der Waals surface area contributed by atoms with E-state index in [-0.39, 0.29) is 16.5 Å². The number of hydrogen-bond acceptors (Lipinski definition) is 4. The van der Waals surface area contributed by atoms with Crippen LogP contribution in [-0.4, -0.2) is 20.7 Å². The molecule has 1 aromatic rings. The van der Waals surface area contributed by atoms with Gasteiger partial charge in [0, 0.05) is 9.89 Å². The van der Waals surface area contributed by atoms with E-state index in [2.05, 4.69) is 20.7 Å². The first-order valence-electron chi connectivity index (χ1n) is 4.90. The Morgan fingerprint density at radius 2 is 2.06 bits per heavy atom. The number of Topliss-reactive ketones (excluding diaryl/α,β-unsaturated/α-hetero) is 1. The summed E-state index contributed by atoms with van der Waals surface area (Å²) in [7, 11) is -3.60. The number of rotatable bonds is 4. The summed E-state index contributed by atoms with van der Waals surface area (Å²) in [4.78, 5) is 11.6. The van der Waals surface area contributed by atoms with Crippen molar-refractivity contribution < 1.29 is 13.2 Å². The second-order valence-corrected chi connectivity index (χ2v) is 8.29. The van der Waals surface area contributed by atoms with E-state index in [1.54, 1.807) is 32.2 Å². The highest BCUT2D eigenvalue weighted by Gasteiger charge is 2.25. The van der Waals surface area contributed by atoms with Crippen molar-refractivity contribution in [3.8, 4) is 0 Å². The van der Waals surface area contributed by atoms with Gasteiger partial charge in [0.1, 0.15) is 4.21 Å². The molecular formula is C10H14BrNO3S2. The standard InChI is InChI=1S/C10H14BrNO3S2/c1-10(2,3)8(13)6-12-17(14,15)9-7(11)4-5-16-9/h4-5,12H,6H2,1-3H3. The van der Waals surface area contributed by atoms with Crippen molar-refractivity contribution in [2.75, 3.05) is 6.54 Å². The minimum Gasteiger partial charge on any atom is -0.298 e. The third kappa shape index (κ3) is 3.87. The minimum atomic E-state index is -3.60. The van der Waals surface area contributed by atoms with Crippen LogP contribution in [0, 0.1) is 5.41 Å². The molecule has 4 nitrogen and oxygen atoms in total. The first kappa shape index (κ1) is 14.8. The topological polar surface area (TPSA) is 63.2 Å². The average Bonchev–Trinajstić information content (AvgIpc) is 2.60. The number of ketones is 1. The summed E-state index contributed by atoms with van der Waals surface area (Å²) in [5.74, 6) is -0.145. The highest BCUT2D eigenvalue weighted by Crippen LogP contribution is 2.27. The van der Waals surface area contributed by atoms with E-state index in [1.807, 2.05) is 0 Å². The van der Waals surface area contributed by atoms with Crippen molar-refractivity contribution in [2.45, 2.75) is 25.0 Å². The number of hydrogen-bond donors (Lipinski definition) is 1. The lowest BCUT2D eigenvalue weighted by Crippen LogP contribution is -2.35. The maximum atomic E-state index is 11.9. The third-order valence-corrected chi connectivity index (χ3v) is 6.16. The summed E-state index contributed by atoms with van der Waals surface area (Å²) in [5.41, 5.74) is -0.546. The molecular weight excluding hydrogens is 326 g/mol. The molecule has 0 aliphatic carbocycles. The SMILES string of the molecule is CC(C)(C)C(=O)CNS(=O)(=O)c1sccc1Br. The van der Waals surface area contributed by atoms with Gasteiger partial charge in [0.15, 0.2) is 5.78 Å². The molecule has 0 atom stereocenters. The molecule has 0 unspecified atom stereocenters. The first-order valence-corrected chi connectivity index (χ1v) is 8.06. The van der Waals surface area contributed by atoms with Crippen LogP contribution in [0.15, 0.2) is 20.1 Å². The van der Waals surface area contributed by atoms with Crippen molar-refractivity contribution >= 4 is 43.1 Å². The molecule has 0 fully saturated rings. The van der Waals surface area contributed by atoms with Gasteiger partial charge in [-0.2, -0.15) is 0 Å². The predicted molar refractivity (Wildman–Crippen MR) is 71.7 cm³/mol. The van der Waals surface area contributed by atoms with E-state index in [0.717, 1.165) is 11.3 Å². The predicted octanol–water partition coefficient (Wildman–Crippen LogP) is 2.40. The zero-order chi connectivity index (χ0) is 13.3. The smallest absolute Gasteiger partial charge is 0.251 e. The highest BCUT2D eigenvalue weighted by atomic mass is 79.9. The summed E-state index contributed by atoms with van der Waals surface area (Å²) in [6.45, 7) is 5.08. The van der Waals surface area contributed by atoms with Crippen molar-refractivity contribution in [3.63, 3.8) is 0 Å².